The highest BCUT2D eigenvalue weighted by Gasteiger charge is 2.30. The molecule has 4 rings (SSSR count). The fraction of sp³-hybridized carbons (Fsp3) is 0.0435. The van der Waals surface area contributed by atoms with Gasteiger partial charge in [-0.2, -0.15) is 0 Å². The molecular formula is C23H16FNO4. The van der Waals surface area contributed by atoms with Crippen LogP contribution in [0, 0.1) is 5.82 Å². The summed E-state index contributed by atoms with van der Waals surface area (Å²) in [7, 11) is 0. The van der Waals surface area contributed by atoms with Gasteiger partial charge in [0.2, 0.25) is 0 Å². The molecule has 0 unspecified atom stereocenters. The third-order valence-corrected chi connectivity index (χ3v) is 4.57. The number of fused-ring (bicyclic) bond motifs is 1. The Kier molecular flexibility index (Phi) is 4.83. The molecule has 0 spiro atoms. The van der Waals surface area contributed by atoms with Crippen LogP contribution in [0.25, 0.3) is 6.08 Å². The normalized spacial score (nSPS) is 14.4. The topological polar surface area (TPSA) is 66.8 Å². The number of nitrogens with zero attached hydrogens (tertiary/aromatic N) is 1. The quantitative estimate of drug-likeness (QED) is 0.668. The summed E-state index contributed by atoms with van der Waals surface area (Å²) in [5.74, 6) is -1.27. The van der Waals surface area contributed by atoms with Gasteiger partial charge in [-0.15, -0.1) is 0 Å². The van der Waals surface area contributed by atoms with Crippen molar-refractivity contribution in [1.29, 1.82) is 0 Å². The summed E-state index contributed by atoms with van der Waals surface area (Å²) < 4.78 is 19.9. The minimum Gasteiger partial charge on any atom is -0.478 e. The van der Waals surface area contributed by atoms with Gasteiger partial charge in [0.05, 0.1) is 17.8 Å². The number of carboxylic acids is 1. The lowest BCUT2D eigenvalue weighted by molar-refractivity contribution is -0.117. The SMILES string of the molecule is O=C(O)c1ccc(/C=C2\Oc3ccccc3N(Cc3ccccc3F)C2=O)cc1. The fourth-order valence-electron chi connectivity index (χ4n) is 3.09. The first kappa shape index (κ1) is 18.4. The Hall–Kier alpha value is -3.93. The van der Waals surface area contributed by atoms with E-state index < -0.39 is 11.9 Å². The second-order valence-electron chi connectivity index (χ2n) is 6.49. The number of hydrogen-bond acceptors (Lipinski definition) is 3. The summed E-state index contributed by atoms with van der Waals surface area (Å²) in [5, 5.41) is 9.01. The molecule has 29 heavy (non-hydrogen) atoms. The lowest BCUT2D eigenvalue weighted by atomic mass is 10.1. The second kappa shape index (κ2) is 7.59. The number of carboxylic acid groups (broad SMARTS) is 1. The largest absolute Gasteiger partial charge is 0.478 e. The third kappa shape index (κ3) is 3.73. The molecule has 0 bridgehead atoms. The smallest absolute Gasteiger partial charge is 0.335 e. The van der Waals surface area contributed by atoms with Crippen molar-refractivity contribution in [2.75, 3.05) is 4.90 Å². The monoisotopic (exact) mass is 389 g/mol. The van der Waals surface area contributed by atoms with Gasteiger partial charge in [-0.25, -0.2) is 9.18 Å². The molecule has 0 aromatic heterocycles. The van der Waals surface area contributed by atoms with Gasteiger partial charge >= 0.3 is 5.97 Å². The number of benzene rings is 3. The third-order valence-electron chi connectivity index (χ3n) is 4.57. The van der Waals surface area contributed by atoms with Crippen molar-refractivity contribution in [3.05, 3.63) is 101 Å². The predicted octanol–water partition coefficient (Wildman–Crippen LogP) is 4.49. The van der Waals surface area contributed by atoms with Crippen LogP contribution < -0.4 is 9.64 Å². The second-order valence-corrected chi connectivity index (χ2v) is 6.49. The Labute approximate surface area is 166 Å². The van der Waals surface area contributed by atoms with Crippen molar-refractivity contribution < 1.29 is 23.8 Å². The number of hydrogen-bond donors (Lipinski definition) is 1. The minimum atomic E-state index is -1.03. The van der Waals surface area contributed by atoms with Crippen LogP contribution in [-0.2, 0) is 11.3 Å². The molecule has 3 aromatic carbocycles. The van der Waals surface area contributed by atoms with Gasteiger partial charge in [-0.1, -0.05) is 42.5 Å². The first-order chi connectivity index (χ1) is 14.0. The van der Waals surface area contributed by atoms with Gasteiger partial charge in [0.25, 0.3) is 5.91 Å². The van der Waals surface area contributed by atoms with Crippen LogP contribution in [0.1, 0.15) is 21.5 Å². The van der Waals surface area contributed by atoms with E-state index >= 15 is 0 Å². The van der Waals surface area contributed by atoms with Crippen molar-refractivity contribution >= 4 is 23.6 Å². The lowest BCUT2D eigenvalue weighted by Crippen LogP contribution is -2.37. The summed E-state index contributed by atoms with van der Waals surface area (Å²) in [6.45, 7) is 0.0567. The fourth-order valence-corrected chi connectivity index (χ4v) is 3.09. The van der Waals surface area contributed by atoms with E-state index in [4.69, 9.17) is 9.84 Å². The average molecular weight is 389 g/mol. The van der Waals surface area contributed by atoms with Crippen LogP contribution in [0.4, 0.5) is 10.1 Å². The van der Waals surface area contributed by atoms with Crippen molar-refractivity contribution in [2.45, 2.75) is 6.54 Å². The first-order valence-electron chi connectivity index (χ1n) is 8.90. The van der Waals surface area contributed by atoms with Gasteiger partial charge in [0, 0.05) is 5.56 Å². The Morgan fingerprint density at radius 3 is 2.41 bits per heavy atom. The number of para-hydroxylation sites is 2. The van der Waals surface area contributed by atoms with Gasteiger partial charge < -0.3 is 9.84 Å². The summed E-state index contributed by atoms with van der Waals surface area (Å²) in [6, 6.07) is 19.4. The lowest BCUT2D eigenvalue weighted by Gasteiger charge is -2.30. The maximum absolute atomic E-state index is 14.2. The molecule has 3 aromatic rings. The van der Waals surface area contributed by atoms with Gasteiger partial charge in [0.1, 0.15) is 5.82 Å². The number of anilines is 1. The molecule has 1 amide bonds. The van der Waals surface area contributed by atoms with E-state index in [1.165, 1.54) is 29.2 Å². The molecule has 1 N–H and O–H groups in total. The van der Waals surface area contributed by atoms with E-state index in [0.29, 0.717) is 22.6 Å². The molecule has 144 valence electrons. The number of amides is 1. The molecule has 0 radical (unpaired) electrons. The van der Waals surface area contributed by atoms with Crippen molar-refractivity contribution in [1.82, 2.24) is 0 Å². The van der Waals surface area contributed by atoms with E-state index in [2.05, 4.69) is 0 Å². The molecule has 6 heteroatoms. The maximum Gasteiger partial charge on any atom is 0.335 e. The standard InChI is InChI=1S/C23H16FNO4/c24-18-6-2-1-5-17(18)14-25-19-7-3-4-8-20(19)29-21(22(25)26)13-15-9-11-16(12-10-15)23(27)28/h1-13H,14H2,(H,27,28)/b21-13-. The summed E-state index contributed by atoms with van der Waals surface area (Å²) in [5.41, 5.74) is 1.71. The number of halogens is 1. The van der Waals surface area contributed by atoms with E-state index in [9.17, 15) is 14.0 Å². The van der Waals surface area contributed by atoms with Crippen molar-refractivity contribution in [3.63, 3.8) is 0 Å². The zero-order valence-corrected chi connectivity index (χ0v) is 15.2. The molecule has 1 heterocycles. The van der Waals surface area contributed by atoms with Crippen LogP contribution in [0.2, 0.25) is 0 Å². The van der Waals surface area contributed by atoms with Gasteiger partial charge in [0.15, 0.2) is 11.5 Å². The summed E-state index contributed by atoms with van der Waals surface area (Å²) in [4.78, 5) is 25.6. The van der Waals surface area contributed by atoms with Gasteiger partial charge in [-0.3, -0.25) is 9.69 Å². The molecule has 0 fully saturated rings. The molecule has 0 saturated carbocycles. The van der Waals surface area contributed by atoms with Crippen molar-refractivity contribution in [3.8, 4) is 5.75 Å². The Balaban J connectivity index is 1.71. The highest BCUT2D eigenvalue weighted by atomic mass is 19.1. The number of aromatic carboxylic acids is 1. The van der Waals surface area contributed by atoms with Crippen LogP contribution in [0.15, 0.2) is 78.6 Å². The molecular weight excluding hydrogens is 373 g/mol. The zero-order valence-electron chi connectivity index (χ0n) is 15.2. The van der Waals surface area contributed by atoms with Crippen LogP contribution in [0.5, 0.6) is 5.75 Å². The van der Waals surface area contributed by atoms with Crippen LogP contribution >= 0.6 is 0 Å². The number of ether oxygens (including phenoxy) is 1. The van der Waals surface area contributed by atoms with E-state index in [1.54, 1.807) is 54.6 Å². The van der Waals surface area contributed by atoms with Crippen molar-refractivity contribution in [2.24, 2.45) is 0 Å². The minimum absolute atomic E-state index is 0.0567. The molecule has 1 aliphatic heterocycles. The predicted molar refractivity (Wildman–Crippen MR) is 106 cm³/mol. The number of carbonyl (C=O) groups excluding carboxylic acids is 1. The number of rotatable bonds is 4. The molecule has 0 saturated heterocycles. The molecule has 1 aliphatic rings. The Morgan fingerprint density at radius 1 is 1.00 bits per heavy atom. The highest BCUT2D eigenvalue weighted by Crippen LogP contribution is 2.36. The summed E-state index contributed by atoms with van der Waals surface area (Å²) in [6.07, 6.45) is 1.54. The first-order valence-corrected chi connectivity index (χ1v) is 8.90. The molecule has 5 nitrogen and oxygen atoms in total. The van der Waals surface area contributed by atoms with E-state index in [-0.39, 0.29) is 23.7 Å². The maximum atomic E-state index is 14.2. The average Bonchev–Trinajstić information content (AvgIpc) is 2.73. The van der Waals surface area contributed by atoms with Crippen LogP contribution in [0.3, 0.4) is 0 Å². The number of carbonyl (C=O) groups is 2. The van der Waals surface area contributed by atoms with Gasteiger partial charge in [-0.05, 0) is 42.0 Å². The molecule has 0 aliphatic carbocycles. The summed E-state index contributed by atoms with van der Waals surface area (Å²) >= 11 is 0. The Bertz CT molecular complexity index is 1120. The highest BCUT2D eigenvalue weighted by molar-refractivity contribution is 6.09. The van der Waals surface area contributed by atoms with E-state index in [0.717, 1.165) is 0 Å². The zero-order chi connectivity index (χ0) is 20.4. The van der Waals surface area contributed by atoms with E-state index in [1.807, 2.05) is 0 Å². The molecule has 0 atom stereocenters. The van der Waals surface area contributed by atoms with Crippen LogP contribution in [-0.4, -0.2) is 17.0 Å². The Morgan fingerprint density at radius 2 is 1.69 bits per heavy atom.